The summed E-state index contributed by atoms with van der Waals surface area (Å²) >= 11 is 6.56. The molecule has 7 nitrogen and oxygen atoms in total. The summed E-state index contributed by atoms with van der Waals surface area (Å²) in [6.07, 6.45) is 0. The number of benzene rings is 4. The van der Waals surface area contributed by atoms with E-state index in [0.29, 0.717) is 23.3 Å². The SMILES string of the molecule is CCOc1ccc(NC2=Nc3ccccc3N3C2=Nc2c(c(C)nn2-c2ccccc2)C3c2cccc(Cl)c2)cc1. The van der Waals surface area contributed by atoms with Gasteiger partial charge in [0.15, 0.2) is 17.5 Å². The molecule has 0 bridgehead atoms. The maximum absolute atomic E-state index is 6.56. The summed E-state index contributed by atoms with van der Waals surface area (Å²) in [5, 5.41) is 9.20. The van der Waals surface area contributed by atoms with Crippen molar-refractivity contribution in [3.8, 4) is 11.4 Å². The molecule has 2 aliphatic rings. The number of aromatic nitrogens is 2. The number of ether oxygens (including phenoxy) is 1. The van der Waals surface area contributed by atoms with Crippen molar-refractivity contribution in [2.75, 3.05) is 16.8 Å². The van der Waals surface area contributed by atoms with Gasteiger partial charge in [0.05, 0.1) is 35.4 Å². The summed E-state index contributed by atoms with van der Waals surface area (Å²) in [6, 6.07) is 33.9. The van der Waals surface area contributed by atoms with Gasteiger partial charge < -0.3 is 15.0 Å². The second kappa shape index (κ2) is 10.3. The van der Waals surface area contributed by atoms with Gasteiger partial charge in [0.1, 0.15) is 5.75 Å². The third kappa shape index (κ3) is 4.44. The van der Waals surface area contributed by atoms with Gasteiger partial charge in [-0.2, -0.15) is 5.10 Å². The lowest BCUT2D eigenvalue weighted by Crippen LogP contribution is -2.46. The molecule has 1 aromatic heterocycles. The Bertz CT molecular complexity index is 1810. The van der Waals surface area contributed by atoms with E-state index in [2.05, 4.69) is 22.3 Å². The van der Waals surface area contributed by atoms with Gasteiger partial charge in [-0.25, -0.2) is 14.7 Å². The van der Waals surface area contributed by atoms with Crippen molar-refractivity contribution in [1.82, 2.24) is 9.78 Å². The smallest absolute Gasteiger partial charge is 0.179 e. The Balaban J connectivity index is 1.45. The van der Waals surface area contributed by atoms with Crippen LogP contribution in [-0.2, 0) is 0 Å². The van der Waals surface area contributed by atoms with Crippen molar-refractivity contribution in [3.05, 3.63) is 125 Å². The molecular formula is C33H27ClN6O. The van der Waals surface area contributed by atoms with Gasteiger partial charge in [0, 0.05) is 16.3 Å². The zero-order valence-corrected chi connectivity index (χ0v) is 23.4. The van der Waals surface area contributed by atoms with Crippen molar-refractivity contribution >= 4 is 46.2 Å². The van der Waals surface area contributed by atoms with E-state index in [1.54, 1.807) is 0 Å². The number of hydrogen-bond donors (Lipinski definition) is 1. The lowest BCUT2D eigenvalue weighted by molar-refractivity contribution is 0.340. The van der Waals surface area contributed by atoms with E-state index in [0.717, 1.165) is 51.1 Å². The van der Waals surface area contributed by atoms with Gasteiger partial charge in [0.25, 0.3) is 0 Å². The maximum atomic E-state index is 6.56. The maximum Gasteiger partial charge on any atom is 0.179 e. The van der Waals surface area contributed by atoms with Gasteiger partial charge in [-0.15, -0.1) is 0 Å². The molecular weight excluding hydrogens is 532 g/mol. The number of para-hydroxylation sites is 3. The highest BCUT2D eigenvalue weighted by Gasteiger charge is 2.41. The number of nitrogens with zero attached hydrogens (tertiary/aromatic N) is 5. The fourth-order valence-electron chi connectivity index (χ4n) is 5.48. The van der Waals surface area contributed by atoms with Crippen molar-refractivity contribution in [2.24, 2.45) is 9.98 Å². The van der Waals surface area contributed by atoms with Gasteiger partial charge in [0.2, 0.25) is 0 Å². The third-order valence-electron chi connectivity index (χ3n) is 7.23. The monoisotopic (exact) mass is 558 g/mol. The van der Waals surface area contributed by atoms with E-state index in [4.69, 9.17) is 31.4 Å². The molecule has 7 rings (SSSR count). The molecule has 0 fully saturated rings. The number of anilines is 2. The molecule has 41 heavy (non-hydrogen) atoms. The van der Waals surface area contributed by atoms with Crippen LogP contribution in [0.2, 0.25) is 5.02 Å². The average Bonchev–Trinajstić information content (AvgIpc) is 3.33. The minimum atomic E-state index is -0.234. The quantitative estimate of drug-likeness (QED) is 0.237. The zero-order chi connectivity index (χ0) is 27.9. The lowest BCUT2D eigenvalue weighted by atomic mass is 9.93. The van der Waals surface area contributed by atoms with E-state index in [-0.39, 0.29) is 6.04 Å². The first kappa shape index (κ1) is 25.1. The summed E-state index contributed by atoms with van der Waals surface area (Å²) in [5.41, 5.74) is 6.60. The summed E-state index contributed by atoms with van der Waals surface area (Å²) < 4.78 is 7.56. The standard InChI is InChI=1S/C33H27ClN6O/c1-3-41-26-18-16-24(17-19-26)35-31-33-37-32-29(21(2)38-40(32)25-12-5-4-6-13-25)30(22-10-9-11-23(34)20-22)39(33)28-15-8-7-14-27(28)36-31/h4-20,30H,3H2,1-2H3,(H,35,36). The predicted octanol–water partition coefficient (Wildman–Crippen LogP) is 8.03. The predicted molar refractivity (Wildman–Crippen MR) is 166 cm³/mol. The van der Waals surface area contributed by atoms with Crippen LogP contribution in [0.3, 0.4) is 0 Å². The van der Waals surface area contributed by atoms with E-state index in [9.17, 15) is 0 Å². The Hall–Kier alpha value is -4.88. The number of hydrogen-bond acceptors (Lipinski definition) is 6. The second-order valence-electron chi connectivity index (χ2n) is 9.86. The zero-order valence-electron chi connectivity index (χ0n) is 22.6. The van der Waals surface area contributed by atoms with Crippen LogP contribution in [0.1, 0.15) is 29.8 Å². The highest BCUT2D eigenvalue weighted by atomic mass is 35.5. The van der Waals surface area contributed by atoms with Crippen LogP contribution in [0.5, 0.6) is 5.75 Å². The number of rotatable bonds is 5. The molecule has 2 aliphatic heterocycles. The van der Waals surface area contributed by atoms with Crippen molar-refractivity contribution in [3.63, 3.8) is 0 Å². The van der Waals surface area contributed by atoms with Crippen LogP contribution >= 0.6 is 11.6 Å². The largest absolute Gasteiger partial charge is 0.494 e. The Labute approximate surface area is 243 Å². The minimum absolute atomic E-state index is 0.234. The summed E-state index contributed by atoms with van der Waals surface area (Å²) in [4.78, 5) is 12.6. The molecule has 202 valence electrons. The van der Waals surface area contributed by atoms with Gasteiger partial charge >= 0.3 is 0 Å². The summed E-state index contributed by atoms with van der Waals surface area (Å²) in [5.74, 6) is 2.93. The van der Waals surface area contributed by atoms with Crippen LogP contribution in [0.4, 0.5) is 22.9 Å². The Morgan fingerprint density at radius 1 is 0.878 bits per heavy atom. The molecule has 5 aromatic rings. The molecule has 4 aromatic carbocycles. The van der Waals surface area contributed by atoms with Gasteiger partial charge in [-0.05, 0) is 80.1 Å². The molecule has 1 unspecified atom stereocenters. The molecule has 0 aliphatic carbocycles. The molecule has 1 atom stereocenters. The molecule has 0 saturated heterocycles. The van der Waals surface area contributed by atoms with Crippen molar-refractivity contribution in [2.45, 2.75) is 19.9 Å². The van der Waals surface area contributed by atoms with Gasteiger partial charge in [-0.3, -0.25) is 0 Å². The minimum Gasteiger partial charge on any atom is -0.494 e. The van der Waals surface area contributed by atoms with Crippen LogP contribution in [0.25, 0.3) is 5.69 Å². The van der Waals surface area contributed by atoms with Crippen LogP contribution in [0.15, 0.2) is 113 Å². The highest BCUT2D eigenvalue weighted by molar-refractivity contribution is 6.51. The third-order valence-corrected chi connectivity index (χ3v) is 7.47. The fourth-order valence-corrected chi connectivity index (χ4v) is 5.68. The Morgan fingerprint density at radius 2 is 1.66 bits per heavy atom. The summed E-state index contributed by atoms with van der Waals surface area (Å²) in [6.45, 7) is 4.63. The van der Waals surface area contributed by atoms with Crippen LogP contribution in [0, 0.1) is 6.92 Å². The number of fused-ring (bicyclic) bond motifs is 4. The van der Waals surface area contributed by atoms with Gasteiger partial charge in [-0.1, -0.05) is 54.1 Å². The van der Waals surface area contributed by atoms with E-state index < -0.39 is 0 Å². The molecule has 1 N–H and O–H groups in total. The van der Waals surface area contributed by atoms with E-state index in [1.165, 1.54) is 0 Å². The first-order chi connectivity index (χ1) is 20.1. The molecule has 0 saturated carbocycles. The topological polar surface area (TPSA) is 67.0 Å². The lowest BCUT2D eigenvalue weighted by Gasteiger charge is -2.40. The van der Waals surface area contributed by atoms with Crippen molar-refractivity contribution in [1.29, 1.82) is 0 Å². The van der Waals surface area contributed by atoms with E-state index >= 15 is 0 Å². The Morgan fingerprint density at radius 3 is 2.44 bits per heavy atom. The normalized spacial score (nSPS) is 15.3. The Kier molecular flexibility index (Phi) is 6.29. The van der Waals surface area contributed by atoms with Crippen LogP contribution < -0.4 is 15.0 Å². The molecule has 8 heteroatoms. The molecule has 0 amide bonds. The number of aliphatic imine (C=N–C) groups is 2. The fraction of sp³-hybridized carbons (Fsp3) is 0.121. The summed E-state index contributed by atoms with van der Waals surface area (Å²) in [7, 11) is 0. The first-order valence-corrected chi connectivity index (χ1v) is 13.9. The number of aryl methyl sites for hydroxylation is 1. The second-order valence-corrected chi connectivity index (χ2v) is 10.3. The molecule has 0 spiro atoms. The molecule has 0 radical (unpaired) electrons. The highest BCUT2D eigenvalue weighted by Crippen LogP contribution is 2.48. The molecule has 3 heterocycles. The van der Waals surface area contributed by atoms with E-state index in [1.807, 2.05) is 110 Å². The average molecular weight is 559 g/mol. The number of nitrogens with one attached hydrogen (secondary N) is 1. The number of halogens is 1. The van der Waals surface area contributed by atoms with Crippen LogP contribution in [-0.4, -0.2) is 28.1 Å². The number of amidine groups is 2. The first-order valence-electron chi connectivity index (χ1n) is 13.6. The van der Waals surface area contributed by atoms with Crippen molar-refractivity contribution < 1.29 is 4.74 Å².